The van der Waals surface area contributed by atoms with Gasteiger partial charge >= 0.3 is 0 Å². The van der Waals surface area contributed by atoms with Crippen molar-refractivity contribution in [3.05, 3.63) is 47.3 Å². The van der Waals surface area contributed by atoms with E-state index >= 15 is 0 Å². The number of benzene rings is 1. The number of carbonyl (C=O) groups excluding carboxylic acids is 2. The van der Waals surface area contributed by atoms with Gasteiger partial charge in [-0.3, -0.25) is 9.59 Å². The lowest BCUT2D eigenvalue weighted by atomic mass is 10.1. The van der Waals surface area contributed by atoms with Gasteiger partial charge in [-0.1, -0.05) is 25.1 Å². The Hall–Kier alpha value is -2.63. The summed E-state index contributed by atoms with van der Waals surface area (Å²) in [6.45, 7) is 8.20. The van der Waals surface area contributed by atoms with Crippen molar-refractivity contribution in [2.75, 3.05) is 6.54 Å². The second-order valence-corrected chi connectivity index (χ2v) is 6.55. The topological polar surface area (TPSA) is 76.0 Å². The van der Waals surface area contributed by atoms with Crippen molar-refractivity contribution in [3.8, 4) is 5.69 Å². The minimum atomic E-state index is -0.0971. The van der Waals surface area contributed by atoms with E-state index < -0.39 is 0 Å². The average Bonchev–Trinajstić information content (AvgIpc) is 2.90. The van der Waals surface area contributed by atoms with E-state index in [2.05, 4.69) is 15.7 Å². The summed E-state index contributed by atoms with van der Waals surface area (Å²) in [6, 6.07) is 10.0. The van der Waals surface area contributed by atoms with Crippen LogP contribution in [0.1, 0.15) is 43.6 Å². The van der Waals surface area contributed by atoms with Crippen LogP contribution in [0.3, 0.4) is 0 Å². The number of aryl methyl sites for hydroxylation is 1. The molecule has 0 fully saturated rings. The van der Waals surface area contributed by atoms with Gasteiger partial charge in [-0.25, -0.2) is 4.68 Å². The second-order valence-electron chi connectivity index (χ2n) is 6.55. The van der Waals surface area contributed by atoms with Gasteiger partial charge in [0, 0.05) is 30.3 Å². The molecule has 6 nitrogen and oxygen atoms in total. The molecule has 0 radical (unpaired) electrons. The highest BCUT2D eigenvalue weighted by Crippen LogP contribution is 2.18. The van der Waals surface area contributed by atoms with E-state index in [9.17, 15) is 9.59 Å². The Bertz CT molecular complexity index is 753. The summed E-state index contributed by atoms with van der Waals surface area (Å²) < 4.78 is 1.86. The zero-order valence-electron chi connectivity index (χ0n) is 16.0. The Labute approximate surface area is 155 Å². The predicted molar refractivity (Wildman–Crippen MR) is 102 cm³/mol. The van der Waals surface area contributed by atoms with Crippen LogP contribution in [0.4, 0.5) is 0 Å². The standard InChI is InChI=1S/C20H28N4O2/c1-5-14(2)22-19(25)11-12-21-20(26)13-18-15(3)23-24(16(18)4)17-9-7-6-8-10-17/h6-10,14H,5,11-13H2,1-4H3,(H,21,26)(H,22,25). The average molecular weight is 356 g/mol. The number of amides is 2. The third kappa shape index (κ3) is 5.18. The van der Waals surface area contributed by atoms with E-state index in [1.807, 2.05) is 62.7 Å². The molecule has 0 saturated carbocycles. The van der Waals surface area contributed by atoms with Crippen molar-refractivity contribution in [2.24, 2.45) is 0 Å². The van der Waals surface area contributed by atoms with Gasteiger partial charge in [-0.15, -0.1) is 0 Å². The molecule has 1 aromatic heterocycles. The van der Waals surface area contributed by atoms with Gasteiger partial charge in [0.15, 0.2) is 0 Å². The summed E-state index contributed by atoms with van der Waals surface area (Å²) in [7, 11) is 0. The van der Waals surface area contributed by atoms with E-state index in [0.717, 1.165) is 29.1 Å². The molecule has 0 spiro atoms. The van der Waals surface area contributed by atoms with Crippen molar-refractivity contribution in [1.82, 2.24) is 20.4 Å². The Morgan fingerprint density at radius 3 is 2.50 bits per heavy atom. The summed E-state index contributed by atoms with van der Waals surface area (Å²) in [5, 5.41) is 10.3. The molecule has 1 atom stereocenters. The fraction of sp³-hybridized carbons (Fsp3) is 0.450. The smallest absolute Gasteiger partial charge is 0.224 e. The maximum Gasteiger partial charge on any atom is 0.224 e. The molecule has 0 aliphatic rings. The Morgan fingerprint density at radius 2 is 1.85 bits per heavy atom. The maximum atomic E-state index is 12.2. The summed E-state index contributed by atoms with van der Waals surface area (Å²) in [6.07, 6.45) is 1.44. The maximum absolute atomic E-state index is 12.2. The Morgan fingerprint density at radius 1 is 1.15 bits per heavy atom. The molecule has 26 heavy (non-hydrogen) atoms. The molecule has 2 N–H and O–H groups in total. The van der Waals surface area contributed by atoms with Gasteiger partial charge in [0.05, 0.1) is 17.8 Å². The van der Waals surface area contributed by atoms with Crippen molar-refractivity contribution in [1.29, 1.82) is 0 Å². The van der Waals surface area contributed by atoms with Crippen molar-refractivity contribution in [3.63, 3.8) is 0 Å². The summed E-state index contributed by atoms with van der Waals surface area (Å²) in [4.78, 5) is 24.0. The lowest BCUT2D eigenvalue weighted by Crippen LogP contribution is -2.35. The molecule has 0 saturated heterocycles. The summed E-state index contributed by atoms with van der Waals surface area (Å²) >= 11 is 0. The number of hydrogen-bond donors (Lipinski definition) is 2. The molecule has 1 heterocycles. The molecular weight excluding hydrogens is 328 g/mol. The number of nitrogens with zero attached hydrogens (tertiary/aromatic N) is 2. The fourth-order valence-corrected chi connectivity index (χ4v) is 2.74. The lowest BCUT2D eigenvalue weighted by Gasteiger charge is -2.11. The molecule has 0 aliphatic carbocycles. The highest BCUT2D eigenvalue weighted by Gasteiger charge is 2.16. The van der Waals surface area contributed by atoms with Crippen LogP contribution in [0.25, 0.3) is 5.69 Å². The third-order valence-electron chi connectivity index (χ3n) is 4.47. The van der Waals surface area contributed by atoms with Crippen LogP contribution >= 0.6 is 0 Å². The van der Waals surface area contributed by atoms with Gasteiger partial charge in [0.25, 0.3) is 0 Å². The number of carbonyl (C=O) groups is 2. The molecular formula is C20H28N4O2. The molecule has 2 amide bonds. The SMILES string of the molecule is CCC(C)NC(=O)CCNC(=O)Cc1c(C)nn(-c2ccccc2)c1C. The lowest BCUT2D eigenvalue weighted by molar-refractivity contribution is -0.122. The zero-order chi connectivity index (χ0) is 19.1. The van der Waals surface area contributed by atoms with Crippen molar-refractivity contribution in [2.45, 2.75) is 53.0 Å². The molecule has 6 heteroatoms. The molecule has 2 rings (SSSR count). The van der Waals surface area contributed by atoms with Gasteiger partial charge < -0.3 is 10.6 Å². The number of hydrogen-bond acceptors (Lipinski definition) is 3. The molecule has 0 aliphatic heterocycles. The van der Waals surface area contributed by atoms with E-state index in [4.69, 9.17) is 0 Å². The first-order valence-corrected chi connectivity index (χ1v) is 9.09. The highest BCUT2D eigenvalue weighted by molar-refractivity contribution is 5.81. The minimum Gasteiger partial charge on any atom is -0.355 e. The monoisotopic (exact) mass is 356 g/mol. The van der Waals surface area contributed by atoms with Crippen LogP contribution < -0.4 is 10.6 Å². The Balaban J connectivity index is 1.91. The quantitative estimate of drug-likeness (QED) is 0.763. The number of nitrogens with one attached hydrogen (secondary N) is 2. The first-order chi connectivity index (χ1) is 12.4. The summed E-state index contributed by atoms with van der Waals surface area (Å²) in [5.74, 6) is -0.135. The second kappa shape index (κ2) is 9.17. The fourth-order valence-electron chi connectivity index (χ4n) is 2.74. The molecule has 0 bridgehead atoms. The number of aromatic nitrogens is 2. The van der Waals surface area contributed by atoms with E-state index in [1.165, 1.54) is 0 Å². The van der Waals surface area contributed by atoms with Crippen LogP contribution in [-0.4, -0.2) is 34.2 Å². The predicted octanol–water partition coefficient (Wildman–Crippen LogP) is 2.45. The van der Waals surface area contributed by atoms with Crippen LogP contribution in [0, 0.1) is 13.8 Å². The molecule has 2 aromatic rings. The molecule has 1 unspecified atom stereocenters. The third-order valence-corrected chi connectivity index (χ3v) is 4.47. The van der Waals surface area contributed by atoms with Crippen LogP contribution in [0.15, 0.2) is 30.3 Å². The van der Waals surface area contributed by atoms with Crippen LogP contribution in [0.5, 0.6) is 0 Å². The normalized spacial score (nSPS) is 11.8. The van der Waals surface area contributed by atoms with Crippen LogP contribution in [-0.2, 0) is 16.0 Å². The first kappa shape index (κ1) is 19.7. The van der Waals surface area contributed by atoms with Crippen molar-refractivity contribution >= 4 is 11.8 Å². The first-order valence-electron chi connectivity index (χ1n) is 9.09. The van der Waals surface area contributed by atoms with E-state index in [-0.39, 0.29) is 30.7 Å². The van der Waals surface area contributed by atoms with E-state index in [1.54, 1.807) is 0 Å². The van der Waals surface area contributed by atoms with Crippen LogP contribution in [0.2, 0.25) is 0 Å². The van der Waals surface area contributed by atoms with E-state index in [0.29, 0.717) is 6.54 Å². The largest absolute Gasteiger partial charge is 0.355 e. The Kier molecular flexibility index (Phi) is 6.95. The van der Waals surface area contributed by atoms with Gasteiger partial charge in [0.1, 0.15) is 0 Å². The zero-order valence-corrected chi connectivity index (χ0v) is 16.0. The molecule has 140 valence electrons. The summed E-state index contributed by atoms with van der Waals surface area (Å²) in [5.41, 5.74) is 3.70. The van der Waals surface area contributed by atoms with Crippen molar-refractivity contribution < 1.29 is 9.59 Å². The number of para-hydroxylation sites is 1. The minimum absolute atomic E-state index is 0.0380. The number of rotatable bonds is 8. The molecule has 1 aromatic carbocycles. The van der Waals surface area contributed by atoms with Gasteiger partial charge in [-0.2, -0.15) is 5.10 Å². The van der Waals surface area contributed by atoms with Gasteiger partial charge in [0.2, 0.25) is 11.8 Å². The highest BCUT2D eigenvalue weighted by atomic mass is 16.2. The van der Waals surface area contributed by atoms with Gasteiger partial charge in [-0.05, 0) is 39.3 Å².